The monoisotopic (exact) mass is 291 g/mol. The Morgan fingerprint density at radius 2 is 1.90 bits per heavy atom. The molecule has 4 heteroatoms. The summed E-state index contributed by atoms with van der Waals surface area (Å²) in [5.41, 5.74) is 6.14. The highest BCUT2D eigenvalue weighted by atomic mass is 19.1. The summed E-state index contributed by atoms with van der Waals surface area (Å²) >= 11 is 0. The first-order valence-corrected chi connectivity index (χ1v) is 7.91. The number of amides is 1. The van der Waals surface area contributed by atoms with Gasteiger partial charge in [-0.05, 0) is 49.1 Å². The molecule has 21 heavy (non-hydrogen) atoms. The van der Waals surface area contributed by atoms with Crippen LogP contribution in [0.25, 0.3) is 0 Å². The highest BCUT2D eigenvalue weighted by Crippen LogP contribution is 2.45. The van der Waals surface area contributed by atoms with Crippen LogP contribution in [0.2, 0.25) is 0 Å². The average molecular weight is 291 g/mol. The molecule has 1 aromatic carbocycles. The van der Waals surface area contributed by atoms with E-state index in [9.17, 15) is 9.18 Å². The van der Waals surface area contributed by atoms with Gasteiger partial charge in [0.25, 0.3) is 5.91 Å². The average Bonchev–Trinajstić information content (AvgIpc) is 3.30. The van der Waals surface area contributed by atoms with Crippen molar-refractivity contribution < 1.29 is 13.9 Å². The second kappa shape index (κ2) is 6.04. The van der Waals surface area contributed by atoms with Gasteiger partial charge in [-0.3, -0.25) is 4.79 Å². The van der Waals surface area contributed by atoms with E-state index in [4.69, 9.17) is 10.5 Å². The third kappa shape index (κ3) is 3.36. The summed E-state index contributed by atoms with van der Waals surface area (Å²) in [6.45, 7) is 0.648. The maximum Gasteiger partial charge on any atom is 0.251 e. The van der Waals surface area contributed by atoms with Gasteiger partial charge < -0.3 is 10.5 Å². The Labute approximate surface area is 124 Å². The molecule has 0 aromatic heterocycles. The summed E-state index contributed by atoms with van der Waals surface area (Å²) in [5, 5.41) is 0. The van der Waals surface area contributed by atoms with Gasteiger partial charge in [0.15, 0.2) is 0 Å². The minimum atomic E-state index is -0.715. The minimum Gasteiger partial charge on any atom is -0.493 e. The Morgan fingerprint density at radius 1 is 1.19 bits per heavy atom. The largest absolute Gasteiger partial charge is 0.493 e. The predicted molar refractivity (Wildman–Crippen MR) is 79.0 cm³/mol. The van der Waals surface area contributed by atoms with Gasteiger partial charge in [-0.1, -0.05) is 19.3 Å². The molecule has 0 radical (unpaired) electrons. The number of primary amides is 1. The van der Waals surface area contributed by atoms with Crippen molar-refractivity contribution in [3.63, 3.8) is 0 Å². The molecule has 0 aliphatic heterocycles. The van der Waals surface area contributed by atoms with Gasteiger partial charge in [-0.15, -0.1) is 0 Å². The fourth-order valence-electron chi connectivity index (χ4n) is 3.16. The highest BCUT2D eigenvalue weighted by molar-refractivity contribution is 5.93. The summed E-state index contributed by atoms with van der Waals surface area (Å²) in [5.74, 6) is 0.277. The van der Waals surface area contributed by atoms with Crippen LogP contribution in [0.4, 0.5) is 4.39 Å². The number of nitrogens with two attached hydrogens (primary N) is 1. The zero-order valence-corrected chi connectivity index (χ0v) is 12.2. The number of hydrogen-bond donors (Lipinski definition) is 1. The van der Waals surface area contributed by atoms with Crippen molar-refractivity contribution in [3.05, 3.63) is 29.1 Å². The molecule has 3 rings (SSSR count). The van der Waals surface area contributed by atoms with Gasteiger partial charge >= 0.3 is 0 Å². The zero-order valence-electron chi connectivity index (χ0n) is 12.2. The molecule has 0 atom stereocenters. The maximum atomic E-state index is 13.9. The molecule has 2 N–H and O–H groups in total. The van der Waals surface area contributed by atoms with Gasteiger partial charge in [-0.2, -0.15) is 0 Å². The number of rotatable bonds is 5. The van der Waals surface area contributed by atoms with E-state index in [2.05, 4.69) is 0 Å². The molecule has 0 spiro atoms. The van der Waals surface area contributed by atoms with Crippen molar-refractivity contribution in [2.24, 2.45) is 11.7 Å². The highest BCUT2D eigenvalue weighted by Gasteiger charge is 2.29. The third-order valence-corrected chi connectivity index (χ3v) is 4.58. The lowest BCUT2D eigenvalue weighted by Crippen LogP contribution is -2.17. The number of hydrogen-bond acceptors (Lipinski definition) is 2. The number of halogens is 1. The van der Waals surface area contributed by atoms with Crippen molar-refractivity contribution >= 4 is 5.91 Å². The molecular formula is C17H22FNO2. The normalized spacial score (nSPS) is 19.5. The second-order valence-corrected chi connectivity index (χ2v) is 6.32. The van der Waals surface area contributed by atoms with E-state index in [1.165, 1.54) is 38.2 Å². The molecule has 0 unspecified atom stereocenters. The topological polar surface area (TPSA) is 52.3 Å². The number of ether oxygens (including phenoxy) is 1. The van der Waals surface area contributed by atoms with Gasteiger partial charge in [0.2, 0.25) is 0 Å². The zero-order chi connectivity index (χ0) is 14.8. The molecule has 114 valence electrons. The first kappa shape index (κ1) is 14.4. The van der Waals surface area contributed by atoms with Crippen LogP contribution in [-0.2, 0) is 0 Å². The quantitative estimate of drug-likeness (QED) is 0.898. The van der Waals surface area contributed by atoms with Gasteiger partial charge in [0, 0.05) is 6.07 Å². The Kier molecular flexibility index (Phi) is 4.13. The third-order valence-electron chi connectivity index (χ3n) is 4.58. The van der Waals surface area contributed by atoms with E-state index in [1.54, 1.807) is 6.07 Å². The number of carbonyl (C=O) groups excluding carboxylic acids is 1. The van der Waals surface area contributed by atoms with Crippen molar-refractivity contribution in [3.8, 4) is 5.75 Å². The van der Waals surface area contributed by atoms with Gasteiger partial charge in [-0.25, -0.2) is 4.39 Å². The Morgan fingerprint density at radius 3 is 2.52 bits per heavy atom. The first-order valence-electron chi connectivity index (χ1n) is 7.91. The van der Waals surface area contributed by atoms with Crippen LogP contribution < -0.4 is 10.5 Å². The maximum absolute atomic E-state index is 13.9. The predicted octanol–water partition coefficient (Wildman–Crippen LogP) is 3.76. The van der Waals surface area contributed by atoms with Crippen molar-refractivity contribution in [1.29, 1.82) is 0 Å². The molecule has 2 aliphatic carbocycles. The molecule has 1 aromatic rings. The first-order chi connectivity index (χ1) is 10.1. The van der Waals surface area contributed by atoms with Crippen molar-refractivity contribution in [2.45, 2.75) is 50.9 Å². The van der Waals surface area contributed by atoms with E-state index in [0.717, 1.165) is 18.4 Å². The van der Waals surface area contributed by atoms with Crippen LogP contribution in [-0.4, -0.2) is 12.5 Å². The Bertz CT molecular complexity index is 534. The lowest BCUT2D eigenvalue weighted by atomic mass is 9.90. The fourth-order valence-corrected chi connectivity index (χ4v) is 3.16. The van der Waals surface area contributed by atoms with E-state index >= 15 is 0 Å². The van der Waals surface area contributed by atoms with Crippen LogP contribution in [0.15, 0.2) is 12.1 Å². The molecule has 2 fully saturated rings. The second-order valence-electron chi connectivity index (χ2n) is 6.32. The molecule has 3 nitrogen and oxygen atoms in total. The summed E-state index contributed by atoms with van der Waals surface area (Å²) in [4.78, 5) is 11.3. The van der Waals surface area contributed by atoms with Crippen LogP contribution in [0.1, 0.15) is 66.8 Å². The van der Waals surface area contributed by atoms with Crippen LogP contribution >= 0.6 is 0 Å². The summed E-state index contributed by atoms with van der Waals surface area (Å²) in [7, 11) is 0. The molecule has 2 saturated carbocycles. The molecule has 2 aliphatic rings. The fraction of sp³-hybridized carbons (Fsp3) is 0.588. The molecule has 0 saturated heterocycles. The lowest BCUT2D eigenvalue weighted by Gasteiger charge is -2.22. The number of carbonyl (C=O) groups is 1. The van der Waals surface area contributed by atoms with Crippen LogP contribution in [0, 0.1) is 11.7 Å². The molecular weight excluding hydrogens is 269 g/mol. The Balaban J connectivity index is 1.76. The summed E-state index contributed by atoms with van der Waals surface area (Å²) in [6.07, 6.45) is 8.37. The van der Waals surface area contributed by atoms with E-state index in [-0.39, 0.29) is 5.56 Å². The standard InChI is InChI=1S/C17H22FNO2/c18-15-9-16(21-10-11-4-2-1-3-5-11)13(12-6-7-12)8-14(15)17(19)20/h8-9,11-12H,1-7,10H2,(H2,19,20). The molecule has 0 bridgehead atoms. The van der Waals surface area contributed by atoms with Gasteiger partial charge in [0.05, 0.1) is 12.2 Å². The van der Waals surface area contributed by atoms with Crippen molar-refractivity contribution in [1.82, 2.24) is 0 Å². The van der Waals surface area contributed by atoms with Crippen LogP contribution in [0.3, 0.4) is 0 Å². The lowest BCUT2D eigenvalue weighted by molar-refractivity contribution is 0.0996. The van der Waals surface area contributed by atoms with Gasteiger partial charge in [0.1, 0.15) is 11.6 Å². The van der Waals surface area contributed by atoms with E-state index in [0.29, 0.717) is 24.2 Å². The summed E-state index contributed by atoms with van der Waals surface area (Å²) in [6, 6.07) is 2.93. The molecule has 1 amide bonds. The Hall–Kier alpha value is -1.58. The van der Waals surface area contributed by atoms with E-state index in [1.807, 2.05) is 0 Å². The molecule has 0 heterocycles. The van der Waals surface area contributed by atoms with Crippen molar-refractivity contribution in [2.75, 3.05) is 6.61 Å². The van der Waals surface area contributed by atoms with Crippen LogP contribution in [0.5, 0.6) is 5.75 Å². The smallest absolute Gasteiger partial charge is 0.251 e. The SMILES string of the molecule is NC(=O)c1cc(C2CC2)c(OCC2CCCCC2)cc1F. The van der Waals surface area contributed by atoms with E-state index < -0.39 is 11.7 Å². The summed E-state index contributed by atoms with van der Waals surface area (Å²) < 4.78 is 19.9. The number of benzene rings is 1. The minimum absolute atomic E-state index is 0.0260.